The molecular formula is C18H28N2O2. The molecule has 2 unspecified atom stereocenters. The highest BCUT2D eigenvalue weighted by Gasteiger charge is 2.38. The van der Waals surface area contributed by atoms with Crippen molar-refractivity contribution in [1.29, 1.82) is 0 Å². The van der Waals surface area contributed by atoms with Crippen LogP contribution in [0.15, 0.2) is 30.3 Å². The number of hydrogen-bond donors (Lipinski definition) is 2. The second kappa shape index (κ2) is 7.75. The minimum absolute atomic E-state index is 0.149. The molecule has 1 aromatic carbocycles. The van der Waals surface area contributed by atoms with Crippen LogP contribution in [0.3, 0.4) is 0 Å². The molecule has 0 bridgehead atoms. The molecule has 2 rings (SSSR count). The Kier molecular flexibility index (Phi) is 5.98. The number of aliphatic hydroxyl groups is 1. The number of benzene rings is 1. The van der Waals surface area contributed by atoms with Crippen LogP contribution in [0.1, 0.15) is 38.7 Å². The van der Waals surface area contributed by atoms with Crippen molar-refractivity contribution in [1.82, 2.24) is 10.2 Å². The van der Waals surface area contributed by atoms with E-state index in [0.717, 1.165) is 31.5 Å². The van der Waals surface area contributed by atoms with E-state index in [2.05, 4.69) is 5.32 Å². The summed E-state index contributed by atoms with van der Waals surface area (Å²) in [7, 11) is 0. The number of hydrogen-bond acceptors (Lipinski definition) is 3. The minimum atomic E-state index is -0.465. The van der Waals surface area contributed by atoms with Gasteiger partial charge in [-0.1, -0.05) is 37.3 Å². The summed E-state index contributed by atoms with van der Waals surface area (Å²) in [5.41, 5.74) is 0.743. The Balaban J connectivity index is 2.13. The van der Waals surface area contributed by atoms with Crippen LogP contribution in [0.4, 0.5) is 0 Å². The van der Waals surface area contributed by atoms with Crippen molar-refractivity contribution in [3.8, 4) is 0 Å². The number of rotatable bonds is 6. The summed E-state index contributed by atoms with van der Waals surface area (Å²) in [5, 5.41) is 13.4. The van der Waals surface area contributed by atoms with Gasteiger partial charge in [0, 0.05) is 19.6 Å². The fourth-order valence-corrected chi connectivity index (χ4v) is 3.03. The molecule has 2 N–H and O–H groups in total. The third-order valence-electron chi connectivity index (χ3n) is 4.52. The van der Waals surface area contributed by atoms with Gasteiger partial charge in [0.1, 0.15) is 0 Å². The maximum absolute atomic E-state index is 13.1. The monoisotopic (exact) mass is 304 g/mol. The van der Waals surface area contributed by atoms with Crippen molar-refractivity contribution in [3.05, 3.63) is 35.9 Å². The predicted octanol–water partition coefficient (Wildman–Crippen LogP) is 2.18. The van der Waals surface area contributed by atoms with Gasteiger partial charge in [0.15, 0.2) is 0 Å². The largest absolute Gasteiger partial charge is 0.391 e. The summed E-state index contributed by atoms with van der Waals surface area (Å²) in [5.74, 6) is 0.149. The van der Waals surface area contributed by atoms with Gasteiger partial charge in [0.25, 0.3) is 0 Å². The summed E-state index contributed by atoms with van der Waals surface area (Å²) in [4.78, 5) is 14.9. The van der Waals surface area contributed by atoms with Crippen LogP contribution in [0, 0.1) is 5.41 Å². The van der Waals surface area contributed by atoms with E-state index in [1.165, 1.54) is 0 Å². The molecule has 1 amide bonds. The van der Waals surface area contributed by atoms with E-state index in [1.54, 1.807) is 0 Å². The lowest BCUT2D eigenvalue weighted by atomic mass is 9.81. The average Bonchev–Trinajstić information content (AvgIpc) is 2.55. The van der Waals surface area contributed by atoms with Crippen LogP contribution >= 0.6 is 0 Å². The molecular weight excluding hydrogens is 276 g/mol. The van der Waals surface area contributed by atoms with E-state index in [-0.39, 0.29) is 11.3 Å². The molecule has 0 aliphatic carbocycles. The summed E-state index contributed by atoms with van der Waals surface area (Å²) in [6.07, 6.45) is 2.13. The lowest BCUT2D eigenvalue weighted by Crippen LogP contribution is -2.51. The Labute approximate surface area is 133 Å². The second-order valence-corrected chi connectivity index (χ2v) is 6.57. The Hall–Kier alpha value is -1.39. The molecule has 1 saturated heterocycles. The van der Waals surface area contributed by atoms with Crippen LogP contribution in [0.5, 0.6) is 0 Å². The van der Waals surface area contributed by atoms with E-state index >= 15 is 0 Å². The zero-order valence-corrected chi connectivity index (χ0v) is 13.7. The van der Waals surface area contributed by atoms with Crippen LogP contribution < -0.4 is 5.32 Å². The Morgan fingerprint density at radius 2 is 2.14 bits per heavy atom. The van der Waals surface area contributed by atoms with Crippen LogP contribution in [0.25, 0.3) is 0 Å². The zero-order valence-electron chi connectivity index (χ0n) is 13.7. The molecule has 2 atom stereocenters. The average molecular weight is 304 g/mol. The fourth-order valence-electron chi connectivity index (χ4n) is 3.03. The lowest BCUT2D eigenvalue weighted by molar-refractivity contribution is -0.144. The van der Waals surface area contributed by atoms with Gasteiger partial charge < -0.3 is 15.3 Å². The van der Waals surface area contributed by atoms with Gasteiger partial charge in [-0.15, -0.1) is 0 Å². The van der Waals surface area contributed by atoms with Gasteiger partial charge in [-0.25, -0.2) is 0 Å². The summed E-state index contributed by atoms with van der Waals surface area (Å²) >= 11 is 0. The lowest BCUT2D eigenvalue weighted by Gasteiger charge is -2.38. The first-order chi connectivity index (χ1) is 10.5. The van der Waals surface area contributed by atoms with Gasteiger partial charge in [0.2, 0.25) is 5.91 Å². The molecule has 1 aliphatic rings. The molecule has 1 fully saturated rings. The van der Waals surface area contributed by atoms with E-state index in [9.17, 15) is 9.90 Å². The smallest absolute Gasteiger partial charge is 0.230 e. The molecule has 0 saturated carbocycles. The highest BCUT2D eigenvalue weighted by Crippen LogP contribution is 2.29. The molecule has 1 aromatic rings. The maximum Gasteiger partial charge on any atom is 0.230 e. The number of carbonyl (C=O) groups is 1. The van der Waals surface area contributed by atoms with E-state index in [0.29, 0.717) is 19.5 Å². The minimum Gasteiger partial charge on any atom is -0.391 e. The topological polar surface area (TPSA) is 52.6 Å². The molecule has 1 aliphatic heterocycles. The molecule has 4 heteroatoms. The van der Waals surface area contributed by atoms with Crippen LogP contribution in [-0.2, 0) is 11.3 Å². The molecule has 122 valence electrons. The summed E-state index contributed by atoms with van der Waals surface area (Å²) < 4.78 is 0. The first-order valence-corrected chi connectivity index (χ1v) is 8.27. The Morgan fingerprint density at radius 1 is 1.41 bits per heavy atom. The van der Waals surface area contributed by atoms with Gasteiger partial charge in [-0.2, -0.15) is 0 Å². The third kappa shape index (κ3) is 4.31. The molecule has 1 heterocycles. The molecule has 0 aromatic heterocycles. The Morgan fingerprint density at radius 3 is 2.73 bits per heavy atom. The normalized spacial score (nSPS) is 23.0. The highest BCUT2D eigenvalue weighted by atomic mass is 16.3. The van der Waals surface area contributed by atoms with Crippen molar-refractivity contribution in [2.75, 3.05) is 19.6 Å². The van der Waals surface area contributed by atoms with Crippen LogP contribution in [-0.4, -0.2) is 41.7 Å². The number of piperidine rings is 1. The zero-order chi connectivity index (χ0) is 16.0. The SMILES string of the molecule is CCC(O)CN(Cc1ccccc1)C(=O)C1(C)CCCNC1. The van der Waals surface area contributed by atoms with Crippen molar-refractivity contribution in [3.63, 3.8) is 0 Å². The first-order valence-electron chi connectivity index (χ1n) is 8.27. The number of amides is 1. The van der Waals surface area contributed by atoms with Crippen molar-refractivity contribution >= 4 is 5.91 Å². The van der Waals surface area contributed by atoms with Gasteiger partial charge in [-0.05, 0) is 38.3 Å². The quantitative estimate of drug-likeness (QED) is 0.847. The molecule has 0 spiro atoms. The van der Waals surface area contributed by atoms with Gasteiger partial charge >= 0.3 is 0 Å². The van der Waals surface area contributed by atoms with Crippen molar-refractivity contribution in [2.45, 2.75) is 45.8 Å². The number of aliphatic hydroxyl groups excluding tert-OH is 1. The standard InChI is InChI=1S/C18H28N2O2/c1-3-16(21)13-20(12-15-8-5-4-6-9-15)17(22)18(2)10-7-11-19-14-18/h4-6,8-9,16,19,21H,3,7,10-14H2,1-2H3. The third-order valence-corrected chi connectivity index (χ3v) is 4.52. The first kappa shape index (κ1) is 17.0. The summed E-state index contributed by atoms with van der Waals surface area (Å²) in [6.45, 7) is 6.65. The molecule has 0 radical (unpaired) electrons. The molecule has 22 heavy (non-hydrogen) atoms. The maximum atomic E-state index is 13.1. The highest BCUT2D eigenvalue weighted by molar-refractivity contribution is 5.82. The number of carbonyl (C=O) groups excluding carboxylic acids is 1. The van der Waals surface area contributed by atoms with Crippen molar-refractivity contribution in [2.24, 2.45) is 5.41 Å². The fraction of sp³-hybridized carbons (Fsp3) is 0.611. The predicted molar refractivity (Wildman–Crippen MR) is 88.4 cm³/mol. The summed E-state index contributed by atoms with van der Waals surface area (Å²) in [6, 6.07) is 10.00. The van der Waals surface area contributed by atoms with E-state index < -0.39 is 6.10 Å². The second-order valence-electron chi connectivity index (χ2n) is 6.57. The van der Waals surface area contributed by atoms with Crippen LogP contribution in [0.2, 0.25) is 0 Å². The number of nitrogens with zero attached hydrogens (tertiary/aromatic N) is 1. The Bertz CT molecular complexity index is 469. The van der Waals surface area contributed by atoms with Gasteiger partial charge in [-0.3, -0.25) is 4.79 Å². The van der Waals surface area contributed by atoms with Crippen molar-refractivity contribution < 1.29 is 9.90 Å². The molecule has 4 nitrogen and oxygen atoms in total. The van der Waals surface area contributed by atoms with E-state index in [1.807, 2.05) is 49.1 Å². The van der Waals surface area contributed by atoms with E-state index in [4.69, 9.17) is 0 Å². The number of nitrogens with one attached hydrogen (secondary N) is 1. The van der Waals surface area contributed by atoms with Gasteiger partial charge in [0.05, 0.1) is 11.5 Å².